The largest absolute Gasteiger partial charge is 0.359 e. The van der Waals surface area contributed by atoms with Gasteiger partial charge in [-0.15, -0.1) is 0 Å². The normalized spacial score (nSPS) is 11.1. The van der Waals surface area contributed by atoms with Crippen LogP contribution in [0.15, 0.2) is 42.9 Å². The minimum atomic E-state index is 1.10. The first-order valence-corrected chi connectivity index (χ1v) is 4.25. The van der Waals surface area contributed by atoms with E-state index in [-0.39, 0.29) is 0 Å². The molecule has 0 fully saturated rings. The van der Waals surface area contributed by atoms with Crippen LogP contribution < -0.4 is 0 Å². The summed E-state index contributed by atoms with van der Waals surface area (Å²) in [6.07, 6.45) is 5.76. The number of hydrogen-bond acceptors (Lipinski definition) is 1. The van der Waals surface area contributed by atoms with Crippen LogP contribution in [0.25, 0.3) is 22.0 Å². The van der Waals surface area contributed by atoms with Gasteiger partial charge in [-0.2, -0.15) is 0 Å². The van der Waals surface area contributed by atoms with Gasteiger partial charge in [0.25, 0.3) is 0 Å². The molecule has 1 aromatic carbocycles. The first kappa shape index (κ1) is 6.66. The predicted octanol–water partition coefficient (Wildman–Crippen LogP) is 2.67. The zero-order valence-electron chi connectivity index (χ0n) is 6.99. The van der Waals surface area contributed by atoms with E-state index in [1.54, 1.807) is 0 Å². The molecule has 13 heavy (non-hydrogen) atoms. The van der Waals surface area contributed by atoms with Gasteiger partial charge in [0.2, 0.25) is 0 Å². The minimum absolute atomic E-state index is 1.10. The summed E-state index contributed by atoms with van der Waals surface area (Å²) in [7, 11) is 0. The molecule has 0 aromatic heterocycles. The molecule has 0 radical (unpaired) electrons. The van der Waals surface area contributed by atoms with Crippen LogP contribution in [0.5, 0.6) is 0 Å². The molecule has 2 heterocycles. The van der Waals surface area contributed by atoms with Gasteiger partial charge in [0.15, 0.2) is 0 Å². The summed E-state index contributed by atoms with van der Waals surface area (Å²) in [4.78, 5) is 7.33. The summed E-state index contributed by atoms with van der Waals surface area (Å²) in [5.41, 5.74) is 2.29. The Morgan fingerprint density at radius 1 is 1.08 bits per heavy atom. The van der Waals surface area contributed by atoms with Crippen molar-refractivity contribution in [2.24, 2.45) is 0 Å². The molecule has 1 aromatic rings. The number of H-pyrrole nitrogens is 1. The number of fused-ring (bicyclic) bond motifs is 3. The highest BCUT2D eigenvalue weighted by atomic mass is 14.8. The monoisotopic (exact) mass is 168 g/mol. The molecule has 0 spiro atoms. The predicted molar refractivity (Wildman–Crippen MR) is 52.7 cm³/mol. The number of aromatic amines is 1. The summed E-state index contributed by atoms with van der Waals surface area (Å²) in [6, 6.07) is 8.30. The molecular weight excluding hydrogens is 160 g/mol. The highest BCUT2D eigenvalue weighted by Gasteiger charge is 2.06. The molecule has 2 heteroatoms. The van der Waals surface area contributed by atoms with Crippen LogP contribution in [-0.2, 0) is 0 Å². The van der Waals surface area contributed by atoms with Crippen molar-refractivity contribution in [2.45, 2.75) is 0 Å². The van der Waals surface area contributed by atoms with E-state index in [4.69, 9.17) is 0 Å². The Morgan fingerprint density at radius 3 is 3.00 bits per heavy atom. The van der Waals surface area contributed by atoms with Crippen molar-refractivity contribution in [3.05, 3.63) is 42.9 Å². The van der Waals surface area contributed by atoms with Crippen molar-refractivity contribution in [1.82, 2.24) is 9.97 Å². The van der Waals surface area contributed by atoms with Crippen LogP contribution in [-0.4, -0.2) is 9.97 Å². The Labute approximate surface area is 75.6 Å². The standard InChI is InChI=1S/C11H8N2/c1-2-4-9-8(3-1)5-13-11-7-12-6-10(9)11/h1-7,13H. The van der Waals surface area contributed by atoms with Crippen molar-refractivity contribution in [3.63, 3.8) is 0 Å². The highest BCUT2D eigenvalue weighted by Crippen LogP contribution is 2.27. The second kappa shape index (κ2) is 2.33. The number of pyridine rings is 1. The fourth-order valence-corrected chi connectivity index (χ4v) is 1.68. The summed E-state index contributed by atoms with van der Waals surface area (Å²) < 4.78 is 0. The molecule has 2 aliphatic rings. The van der Waals surface area contributed by atoms with Crippen molar-refractivity contribution in [1.29, 1.82) is 0 Å². The van der Waals surface area contributed by atoms with Crippen LogP contribution in [0.4, 0.5) is 0 Å². The Hall–Kier alpha value is -1.83. The van der Waals surface area contributed by atoms with Gasteiger partial charge in [0.1, 0.15) is 0 Å². The third kappa shape index (κ3) is 0.855. The number of hydrogen-bond donors (Lipinski definition) is 1. The molecule has 2 aliphatic heterocycles. The molecule has 0 aliphatic carbocycles. The lowest BCUT2D eigenvalue weighted by atomic mass is 10.1. The first-order valence-electron chi connectivity index (χ1n) is 4.25. The van der Waals surface area contributed by atoms with Crippen LogP contribution in [0.3, 0.4) is 0 Å². The smallest absolute Gasteiger partial charge is 0.0661 e. The van der Waals surface area contributed by atoms with E-state index in [9.17, 15) is 0 Å². The quantitative estimate of drug-likeness (QED) is 0.549. The Bertz CT molecular complexity index is 525. The molecular formula is C11H8N2. The van der Waals surface area contributed by atoms with E-state index in [2.05, 4.69) is 28.2 Å². The van der Waals surface area contributed by atoms with E-state index < -0.39 is 0 Å². The van der Waals surface area contributed by atoms with Gasteiger partial charge in [-0.25, -0.2) is 0 Å². The van der Waals surface area contributed by atoms with Crippen molar-refractivity contribution in [3.8, 4) is 11.3 Å². The van der Waals surface area contributed by atoms with Gasteiger partial charge < -0.3 is 4.98 Å². The lowest BCUT2D eigenvalue weighted by Crippen LogP contribution is -1.82. The Kier molecular flexibility index (Phi) is 1.19. The van der Waals surface area contributed by atoms with Gasteiger partial charge >= 0.3 is 0 Å². The highest BCUT2D eigenvalue weighted by molar-refractivity contribution is 5.95. The number of nitrogens with one attached hydrogen (secondary N) is 1. The van der Waals surface area contributed by atoms with E-state index in [0.717, 1.165) is 5.69 Å². The molecule has 62 valence electrons. The minimum Gasteiger partial charge on any atom is -0.359 e. The second-order valence-electron chi connectivity index (χ2n) is 3.11. The zero-order chi connectivity index (χ0) is 8.67. The molecule has 3 rings (SSSR count). The van der Waals surface area contributed by atoms with Gasteiger partial charge in [0.05, 0.1) is 11.9 Å². The Balaban J connectivity index is 2.57. The maximum atomic E-state index is 4.12. The first-order chi connectivity index (χ1) is 6.45. The van der Waals surface area contributed by atoms with E-state index >= 15 is 0 Å². The van der Waals surface area contributed by atoms with Crippen molar-refractivity contribution in [2.75, 3.05) is 0 Å². The third-order valence-electron chi connectivity index (χ3n) is 2.33. The maximum absolute atomic E-state index is 4.12. The SMILES string of the molecule is c1ccc2c3cncc-3[nH]cc2c1. The van der Waals surface area contributed by atoms with Gasteiger partial charge in [-0.3, -0.25) is 4.98 Å². The number of rotatable bonds is 0. The van der Waals surface area contributed by atoms with Gasteiger partial charge in [0, 0.05) is 18.0 Å². The number of nitrogens with zero attached hydrogens (tertiary/aromatic N) is 1. The van der Waals surface area contributed by atoms with E-state index in [1.807, 2.05) is 24.7 Å². The van der Waals surface area contributed by atoms with Crippen LogP contribution in [0.1, 0.15) is 0 Å². The van der Waals surface area contributed by atoms with Gasteiger partial charge in [-0.05, 0) is 10.8 Å². The topological polar surface area (TPSA) is 28.7 Å². The summed E-state index contributed by atoms with van der Waals surface area (Å²) >= 11 is 0. The van der Waals surface area contributed by atoms with Gasteiger partial charge in [-0.1, -0.05) is 24.3 Å². The third-order valence-corrected chi connectivity index (χ3v) is 2.33. The van der Waals surface area contributed by atoms with Crippen molar-refractivity contribution < 1.29 is 0 Å². The summed E-state index contributed by atoms with van der Waals surface area (Å²) in [6.45, 7) is 0. The molecule has 0 amide bonds. The Morgan fingerprint density at radius 2 is 2.00 bits per heavy atom. The lowest BCUT2D eigenvalue weighted by Gasteiger charge is -2.03. The molecule has 0 bridgehead atoms. The number of aromatic nitrogens is 2. The van der Waals surface area contributed by atoms with E-state index in [0.29, 0.717) is 0 Å². The maximum Gasteiger partial charge on any atom is 0.0661 e. The number of benzene rings is 1. The fourth-order valence-electron chi connectivity index (χ4n) is 1.68. The molecule has 0 saturated heterocycles. The van der Waals surface area contributed by atoms with Crippen LogP contribution >= 0.6 is 0 Å². The summed E-state index contributed by atoms with van der Waals surface area (Å²) in [5, 5.41) is 2.48. The molecule has 0 saturated carbocycles. The average Bonchev–Trinajstić information content (AvgIpc) is 2.65. The molecule has 0 unspecified atom stereocenters. The molecule has 1 N–H and O–H groups in total. The fraction of sp³-hybridized carbons (Fsp3) is 0. The lowest BCUT2D eigenvalue weighted by molar-refractivity contribution is 1.35. The second-order valence-corrected chi connectivity index (χ2v) is 3.11. The van der Waals surface area contributed by atoms with Crippen LogP contribution in [0.2, 0.25) is 0 Å². The summed E-state index contributed by atoms with van der Waals surface area (Å²) in [5.74, 6) is 0. The van der Waals surface area contributed by atoms with E-state index in [1.165, 1.54) is 16.3 Å². The van der Waals surface area contributed by atoms with Crippen LogP contribution in [0, 0.1) is 0 Å². The molecule has 2 nitrogen and oxygen atoms in total. The average molecular weight is 168 g/mol. The zero-order valence-corrected chi connectivity index (χ0v) is 6.99. The van der Waals surface area contributed by atoms with Crippen molar-refractivity contribution >= 4 is 10.8 Å². The molecule has 0 atom stereocenters.